The van der Waals surface area contributed by atoms with Crippen LogP contribution in [0.5, 0.6) is 0 Å². The van der Waals surface area contributed by atoms with E-state index in [2.05, 4.69) is 44.9 Å². The standard InChI is InChI=1S/C20H24N4OS/c1-14-8-10-24(11-9-14)17(18-7-4-12-26-18)13-21-20(25)19-15-5-2-3-6-16(15)22-23-19/h2-7,12,14,17H,8-11,13H2,1H3,(H,21,25)(H,22,23). The van der Waals surface area contributed by atoms with Crippen LogP contribution in [0, 0.1) is 5.92 Å². The summed E-state index contributed by atoms with van der Waals surface area (Å²) in [5, 5.41) is 13.2. The highest BCUT2D eigenvalue weighted by Crippen LogP contribution is 2.29. The molecule has 1 aliphatic rings. The Balaban J connectivity index is 1.48. The fraction of sp³-hybridized carbons (Fsp3) is 0.400. The van der Waals surface area contributed by atoms with Gasteiger partial charge < -0.3 is 5.32 Å². The lowest BCUT2D eigenvalue weighted by Crippen LogP contribution is -2.41. The van der Waals surface area contributed by atoms with E-state index in [1.807, 2.05) is 24.3 Å². The van der Waals surface area contributed by atoms with Crippen molar-refractivity contribution in [2.75, 3.05) is 19.6 Å². The van der Waals surface area contributed by atoms with E-state index in [1.165, 1.54) is 17.7 Å². The van der Waals surface area contributed by atoms with Crippen molar-refractivity contribution < 1.29 is 4.79 Å². The number of piperidine rings is 1. The number of hydrogen-bond donors (Lipinski definition) is 2. The molecule has 2 N–H and O–H groups in total. The van der Waals surface area contributed by atoms with Crippen LogP contribution in [0.3, 0.4) is 0 Å². The molecule has 3 heterocycles. The number of carbonyl (C=O) groups excluding carboxylic acids is 1. The minimum absolute atomic E-state index is 0.116. The van der Waals surface area contributed by atoms with Crippen LogP contribution in [0.25, 0.3) is 10.9 Å². The summed E-state index contributed by atoms with van der Waals surface area (Å²) in [5.41, 5.74) is 1.36. The minimum Gasteiger partial charge on any atom is -0.349 e. The first-order chi connectivity index (χ1) is 12.7. The second-order valence-corrected chi connectivity index (χ2v) is 8.06. The van der Waals surface area contributed by atoms with Gasteiger partial charge in [0, 0.05) is 16.8 Å². The second-order valence-electron chi connectivity index (χ2n) is 7.08. The molecule has 5 nitrogen and oxygen atoms in total. The summed E-state index contributed by atoms with van der Waals surface area (Å²) in [7, 11) is 0. The molecule has 1 amide bonds. The molecule has 1 unspecified atom stereocenters. The number of hydrogen-bond acceptors (Lipinski definition) is 4. The van der Waals surface area contributed by atoms with Crippen LogP contribution in [0.15, 0.2) is 41.8 Å². The molecule has 0 aliphatic carbocycles. The van der Waals surface area contributed by atoms with Gasteiger partial charge in [0.1, 0.15) is 0 Å². The zero-order valence-corrected chi connectivity index (χ0v) is 15.8. The van der Waals surface area contributed by atoms with Gasteiger partial charge >= 0.3 is 0 Å². The number of aromatic nitrogens is 2. The molecule has 0 spiro atoms. The quantitative estimate of drug-likeness (QED) is 0.719. The number of benzene rings is 1. The van der Waals surface area contributed by atoms with Gasteiger partial charge in [0.05, 0.1) is 11.6 Å². The number of para-hydroxylation sites is 1. The Morgan fingerprint density at radius 2 is 2.12 bits per heavy atom. The Hall–Kier alpha value is -2.18. The highest BCUT2D eigenvalue weighted by Gasteiger charge is 2.26. The van der Waals surface area contributed by atoms with Crippen molar-refractivity contribution in [3.63, 3.8) is 0 Å². The van der Waals surface area contributed by atoms with E-state index in [1.54, 1.807) is 11.3 Å². The van der Waals surface area contributed by atoms with Crippen molar-refractivity contribution in [3.8, 4) is 0 Å². The van der Waals surface area contributed by atoms with E-state index in [-0.39, 0.29) is 11.9 Å². The zero-order chi connectivity index (χ0) is 17.9. The first-order valence-electron chi connectivity index (χ1n) is 9.21. The Labute approximate surface area is 157 Å². The van der Waals surface area contributed by atoms with Crippen molar-refractivity contribution >= 4 is 28.1 Å². The highest BCUT2D eigenvalue weighted by molar-refractivity contribution is 7.10. The highest BCUT2D eigenvalue weighted by atomic mass is 32.1. The molecule has 2 aromatic heterocycles. The van der Waals surface area contributed by atoms with Gasteiger partial charge in [-0.2, -0.15) is 5.10 Å². The number of nitrogens with one attached hydrogen (secondary N) is 2. The number of nitrogens with zero attached hydrogens (tertiary/aromatic N) is 2. The van der Waals surface area contributed by atoms with Crippen molar-refractivity contribution in [1.82, 2.24) is 20.4 Å². The monoisotopic (exact) mass is 368 g/mol. The van der Waals surface area contributed by atoms with Crippen molar-refractivity contribution in [2.45, 2.75) is 25.8 Å². The van der Waals surface area contributed by atoms with Crippen molar-refractivity contribution in [1.29, 1.82) is 0 Å². The number of thiophene rings is 1. The smallest absolute Gasteiger partial charge is 0.272 e. The molecular formula is C20H24N4OS. The molecule has 1 aliphatic heterocycles. The fourth-order valence-corrected chi connectivity index (χ4v) is 4.50. The maximum atomic E-state index is 12.7. The van der Waals surface area contributed by atoms with E-state index < -0.39 is 0 Å². The van der Waals surface area contributed by atoms with Gasteiger partial charge in [-0.1, -0.05) is 31.2 Å². The van der Waals surface area contributed by atoms with E-state index >= 15 is 0 Å². The number of fused-ring (bicyclic) bond motifs is 1. The predicted octanol–water partition coefficient (Wildman–Crippen LogP) is 3.83. The lowest BCUT2D eigenvalue weighted by atomic mass is 9.97. The number of likely N-dealkylation sites (tertiary alicyclic amines) is 1. The molecule has 4 rings (SSSR count). The first-order valence-corrected chi connectivity index (χ1v) is 10.1. The minimum atomic E-state index is -0.116. The summed E-state index contributed by atoms with van der Waals surface area (Å²) in [4.78, 5) is 16.5. The number of amides is 1. The lowest BCUT2D eigenvalue weighted by molar-refractivity contribution is 0.0911. The molecule has 136 valence electrons. The normalized spacial score (nSPS) is 17.4. The van der Waals surface area contributed by atoms with Gasteiger partial charge in [-0.25, -0.2) is 0 Å². The Morgan fingerprint density at radius 1 is 1.31 bits per heavy atom. The maximum absolute atomic E-state index is 12.7. The predicted molar refractivity (Wildman–Crippen MR) is 105 cm³/mol. The molecule has 1 saturated heterocycles. The van der Waals surface area contributed by atoms with E-state index in [0.29, 0.717) is 12.2 Å². The number of carbonyl (C=O) groups is 1. The van der Waals surface area contributed by atoms with Gasteiger partial charge in [-0.3, -0.25) is 14.8 Å². The summed E-state index contributed by atoms with van der Waals surface area (Å²) >= 11 is 1.76. The third kappa shape index (κ3) is 3.52. The van der Waals surface area contributed by atoms with E-state index in [0.717, 1.165) is 29.9 Å². The van der Waals surface area contributed by atoms with E-state index in [9.17, 15) is 4.79 Å². The van der Waals surface area contributed by atoms with Gasteiger partial charge in [0.2, 0.25) is 0 Å². The summed E-state index contributed by atoms with van der Waals surface area (Å²) in [6, 6.07) is 12.2. The van der Waals surface area contributed by atoms with Crippen LogP contribution in [0.2, 0.25) is 0 Å². The molecule has 1 fully saturated rings. The molecule has 1 aromatic carbocycles. The largest absolute Gasteiger partial charge is 0.349 e. The van der Waals surface area contributed by atoms with Crippen LogP contribution >= 0.6 is 11.3 Å². The summed E-state index contributed by atoms with van der Waals surface area (Å²) < 4.78 is 0. The van der Waals surface area contributed by atoms with E-state index in [4.69, 9.17) is 0 Å². The van der Waals surface area contributed by atoms with Gasteiger partial charge in [0.25, 0.3) is 5.91 Å². The van der Waals surface area contributed by atoms with Crippen LogP contribution in [0.1, 0.15) is 41.2 Å². The molecule has 0 saturated carbocycles. The summed E-state index contributed by atoms with van der Waals surface area (Å²) in [5.74, 6) is 0.676. The van der Waals surface area contributed by atoms with Crippen molar-refractivity contribution in [2.24, 2.45) is 5.92 Å². The second kappa shape index (κ2) is 7.60. The topological polar surface area (TPSA) is 61.0 Å². The van der Waals surface area contributed by atoms with Crippen LogP contribution < -0.4 is 5.32 Å². The average molecular weight is 369 g/mol. The Kier molecular flexibility index (Phi) is 5.04. The number of rotatable bonds is 5. The molecule has 26 heavy (non-hydrogen) atoms. The summed E-state index contributed by atoms with van der Waals surface area (Å²) in [6.45, 7) is 5.10. The van der Waals surface area contributed by atoms with Crippen LogP contribution in [-0.2, 0) is 0 Å². The molecular weight excluding hydrogens is 344 g/mol. The molecule has 6 heteroatoms. The molecule has 0 radical (unpaired) electrons. The van der Waals surface area contributed by atoms with Crippen molar-refractivity contribution in [3.05, 3.63) is 52.3 Å². The molecule has 0 bridgehead atoms. The average Bonchev–Trinajstić information content (AvgIpc) is 3.33. The Morgan fingerprint density at radius 3 is 2.88 bits per heavy atom. The number of aromatic amines is 1. The number of H-pyrrole nitrogens is 1. The molecule has 3 aromatic rings. The van der Waals surface area contributed by atoms with Gasteiger partial charge in [0.15, 0.2) is 5.69 Å². The first kappa shape index (κ1) is 17.2. The fourth-order valence-electron chi connectivity index (χ4n) is 3.64. The van der Waals surface area contributed by atoms with Gasteiger partial charge in [-0.05, 0) is 49.4 Å². The maximum Gasteiger partial charge on any atom is 0.272 e. The SMILES string of the molecule is CC1CCN(C(CNC(=O)c2n[nH]c3ccccc23)c2cccs2)CC1. The molecule has 1 atom stereocenters. The van der Waals surface area contributed by atoms with Gasteiger partial charge in [-0.15, -0.1) is 11.3 Å². The zero-order valence-electron chi connectivity index (χ0n) is 14.9. The van der Waals surface area contributed by atoms with Crippen LogP contribution in [0.4, 0.5) is 0 Å². The third-order valence-corrected chi connectivity index (χ3v) is 6.25. The van der Waals surface area contributed by atoms with Crippen LogP contribution in [-0.4, -0.2) is 40.6 Å². The lowest BCUT2D eigenvalue weighted by Gasteiger charge is -2.36. The third-order valence-electron chi connectivity index (χ3n) is 5.27. The Bertz CT molecular complexity index is 865. The summed E-state index contributed by atoms with van der Waals surface area (Å²) in [6.07, 6.45) is 2.44.